The van der Waals surface area contributed by atoms with Crippen molar-refractivity contribution in [3.05, 3.63) is 76.1 Å². The summed E-state index contributed by atoms with van der Waals surface area (Å²) in [5.41, 5.74) is 2.77. The molecule has 0 fully saturated rings. The van der Waals surface area contributed by atoms with Gasteiger partial charge in [-0.15, -0.1) is 0 Å². The van der Waals surface area contributed by atoms with Crippen molar-refractivity contribution in [3.63, 3.8) is 0 Å². The fourth-order valence-electron chi connectivity index (χ4n) is 3.61. The molecule has 0 aliphatic carbocycles. The second-order valence-electron chi connectivity index (χ2n) is 6.80. The number of hydrogen-bond acceptors (Lipinski definition) is 2. The molecule has 1 N–H and O–H groups in total. The van der Waals surface area contributed by atoms with Crippen LogP contribution in [0.5, 0.6) is 5.75 Å². The van der Waals surface area contributed by atoms with Crippen LogP contribution in [0.4, 0.5) is 4.39 Å². The lowest BCUT2D eigenvalue weighted by Crippen LogP contribution is -2.29. The van der Waals surface area contributed by atoms with Crippen molar-refractivity contribution < 1.29 is 14.2 Å². The van der Waals surface area contributed by atoms with Crippen LogP contribution in [0.3, 0.4) is 0 Å². The number of benzene rings is 3. The lowest BCUT2D eigenvalue weighted by Gasteiger charge is -2.30. The molecule has 2 nitrogen and oxygen atoms in total. The molecule has 3 aromatic rings. The van der Waals surface area contributed by atoms with Crippen molar-refractivity contribution in [2.75, 3.05) is 0 Å². The van der Waals surface area contributed by atoms with E-state index in [1.54, 1.807) is 6.07 Å². The Morgan fingerprint density at radius 1 is 1.15 bits per heavy atom. The molecule has 2 atom stereocenters. The smallest absolute Gasteiger partial charge is 0.129 e. The average Bonchev–Trinajstić information content (AvgIpc) is 2.66. The Kier molecular flexibility index (Phi) is 4.60. The molecule has 26 heavy (non-hydrogen) atoms. The number of halogens is 2. The molecule has 0 saturated carbocycles. The molecule has 3 aromatic carbocycles. The van der Waals surface area contributed by atoms with Gasteiger partial charge in [-0.05, 0) is 83.1 Å². The molecule has 2 unspecified atom stereocenters. The van der Waals surface area contributed by atoms with E-state index in [0.29, 0.717) is 18.6 Å². The maximum atomic E-state index is 13.3. The van der Waals surface area contributed by atoms with Crippen LogP contribution in [-0.4, -0.2) is 11.2 Å². The van der Waals surface area contributed by atoms with Crippen LogP contribution in [0.25, 0.3) is 10.8 Å². The molecule has 0 spiro atoms. The van der Waals surface area contributed by atoms with Crippen molar-refractivity contribution in [3.8, 4) is 5.75 Å². The van der Waals surface area contributed by atoms with E-state index < -0.39 is 6.10 Å². The SMILES string of the molecule is CCc1cc2cc(C(O)C3CCc4cc(F)ccc4O3)ccc2cc1Cl. The zero-order valence-corrected chi connectivity index (χ0v) is 15.3. The van der Waals surface area contributed by atoms with E-state index in [1.807, 2.05) is 24.3 Å². The van der Waals surface area contributed by atoms with Gasteiger partial charge in [0.15, 0.2) is 0 Å². The first kappa shape index (κ1) is 17.3. The third-order valence-electron chi connectivity index (χ3n) is 5.10. The van der Waals surface area contributed by atoms with Gasteiger partial charge < -0.3 is 9.84 Å². The highest BCUT2D eigenvalue weighted by atomic mass is 35.5. The third-order valence-corrected chi connectivity index (χ3v) is 5.46. The minimum atomic E-state index is -0.738. The molecular weight excluding hydrogens is 351 g/mol. The molecule has 4 rings (SSSR count). The summed E-state index contributed by atoms with van der Waals surface area (Å²) in [4.78, 5) is 0. The highest BCUT2D eigenvalue weighted by molar-refractivity contribution is 6.32. The van der Waals surface area contributed by atoms with Crippen LogP contribution in [0.2, 0.25) is 5.02 Å². The normalized spacial score (nSPS) is 17.6. The van der Waals surface area contributed by atoms with Gasteiger partial charge in [0.05, 0.1) is 0 Å². The molecule has 1 aliphatic rings. The van der Waals surface area contributed by atoms with E-state index in [0.717, 1.165) is 38.9 Å². The van der Waals surface area contributed by atoms with Crippen LogP contribution in [-0.2, 0) is 12.8 Å². The molecule has 1 aliphatic heterocycles. The van der Waals surface area contributed by atoms with E-state index in [4.69, 9.17) is 16.3 Å². The van der Waals surface area contributed by atoms with Gasteiger partial charge in [-0.3, -0.25) is 0 Å². The van der Waals surface area contributed by atoms with Gasteiger partial charge in [0.25, 0.3) is 0 Å². The molecule has 0 bridgehead atoms. The summed E-state index contributed by atoms with van der Waals surface area (Å²) in [7, 11) is 0. The van der Waals surface area contributed by atoms with E-state index in [-0.39, 0.29) is 11.9 Å². The molecule has 134 valence electrons. The van der Waals surface area contributed by atoms with Crippen LogP contribution >= 0.6 is 11.6 Å². The molecule has 0 aromatic heterocycles. The highest BCUT2D eigenvalue weighted by Gasteiger charge is 2.28. The zero-order valence-electron chi connectivity index (χ0n) is 14.5. The molecule has 0 saturated heterocycles. The third kappa shape index (κ3) is 3.17. The Labute approximate surface area is 157 Å². The fraction of sp³-hybridized carbons (Fsp3) is 0.273. The van der Waals surface area contributed by atoms with Crippen molar-refractivity contribution in [1.82, 2.24) is 0 Å². The molecule has 0 radical (unpaired) electrons. The topological polar surface area (TPSA) is 29.5 Å². The predicted octanol–water partition coefficient (Wildman–Crippen LogP) is 5.62. The summed E-state index contributed by atoms with van der Waals surface area (Å²) in [6.07, 6.45) is 1.12. The highest BCUT2D eigenvalue weighted by Crippen LogP contribution is 2.34. The molecule has 0 amide bonds. The second kappa shape index (κ2) is 6.90. The summed E-state index contributed by atoms with van der Waals surface area (Å²) in [6, 6.07) is 14.5. The van der Waals surface area contributed by atoms with Crippen LogP contribution in [0.15, 0.2) is 48.5 Å². The first-order valence-corrected chi connectivity index (χ1v) is 9.28. The fourth-order valence-corrected chi connectivity index (χ4v) is 3.91. The Morgan fingerprint density at radius 2 is 2.00 bits per heavy atom. The van der Waals surface area contributed by atoms with Gasteiger partial charge in [-0.1, -0.05) is 30.7 Å². The van der Waals surface area contributed by atoms with E-state index in [2.05, 4.69) is 13.0 Å². The first-order valence-electron chi connectivity index (χ1n) is 8.90. The molecule has 1 heterocycles. The van der Waals surface area contributed by atoms with Gasteiger partial charge in [-0.2, -0.15) is 0 Å². The second-order valence-corrected chi connectivity index (χ2v) is 7.20. The van der Waals surface area contributed by atoms with Crippen LogP contribution in [0, 0.1) is 5.82 Å². The van der Waals surface area contributed by atoms with Gasteiger partial charge in [0.2, 0.25) is 0 Å². The number of fused-ring (bicyclic) bond motifs is 2. The monoisotopic (exact) mass is 370 g/mol. The molecular formula is C22H20ClFO2. The largest absolute Gasteiger partial charge is 0.487 e. The average molecular weight is 371 g/mol. The Balaban J connectivity index is 1.62. The van der Waals surface area contributed by atoms with E-state index >= 15 is 0 Å². The Hall–Kier alpha value is -2.10. The minimum Gasteiger partial charge on any atom is -0.487 e. The standard InChI is InChI=1S/C22H20ClFO2/c1-2-13-9-17-10-16(4-3-14(17)12-19(13)23)22(25)21-7-5-15-11-18(24)6-8-20(15)26-21/h3-4,6,8-12,21-22,25H,2,5,7H2,1H3. The van der Waals surface area contributed by atoms with E-state index in [1.165, 1.54) is 12.1 Å². The lowest BCUT2D eigenvalue weighted by molar-refractivity contribution is 0.0229. The first-order chi connectivity index (χ1) is 12.5. The maximum absolute atomic E-state index is 13.3. The summed E-state index contributed by atoms with van der Waals surface area (Å²) in [5, 5.41) is 13.7. The predicted molar refractivity (Wildman–Crippen MR) is 102 cm³/mol. The van der Waals surface area contributed by atoms with Crippen molar-refractivity contribution in [2.24, 2.45) is 0 Å². The van der Waals surface area contributed by atoms with Gasteiger partial charge in [0, 0.05) is 5.02 Å². The summed E-state index contributed by atoms with van der Waals surface area (Å²) in [5.74, 6) is 0.397. The number of aryl methyl sites for hydroxylation is 2. The van der Waals surface area contributed by atoms with Gasteiger partial charge >= 0.3 is 0 Å². The maximum Gasteiger partial charge on any atom is 0.129 e. The number of aliphatic hydroxyl groups is 1. The Morgan fingerprint density at radius 3 is 2.81 bits per heavy atom. The Bertz CT molecular complexity index is 970. The summed E-state index contributed by atoms with van der Waals surface area (Å²) >= 11 is 6.29. The number of hydrogen-bond donors (Lipinski definition) is 1. The van der Waals surface area contributed by atoms with E-state index in [9.17, 15) is 9.50 Å². The minimum absolute atomic E-state index is 0.258. The van der Waals surface area contributed by atoms with Crippen molar-refractivity contribution in [1.29, 1.82) is 0 Å². The van der Waals surface area contributed by atoms with Crippen molar-refractivity contribution in [2.45, 2.75) is 38.4 Å². The number of aliphatic hydroxyl groups excluding tert-OH is 1. The summed E-state index contributed by atoms with van der Waals surface area (Å²) in [6.45, 7) is 2.07. The molecule has 4 heteroatoms. The van der Waals surface area contributed by atoms with Crippen LogP contribution < -0.4 is 4.74 Å². The van der Waals surface area contributed by atoms with Gasteiger partial charge in [-0.25, -0.2) is 4.39 Å². The number of ether oxygens (including phenoxy) is 1. The summed E-state index contributed by atoms with van der Waals surface area (Å²) < 4.78 is 19.3. The lowest BCUT2D eigenvalue weighted by atomic mass is 9.93. The van der Waals surface area contributed by atoms with Gasteiger partial charge in [0.1, 0.15) is 23.8 Å². The zero-order chi connectivity index (χ0) is 18.3. The number of rotatable bonds is 3. The van der Waals surface area contributed by atoms with Crippen molar-refractivity contribution >= 4 is 22.4 Å². The van der Waals surface area contributed by atoms with Crippen LogP contribution in [0.1, 0.15) is 36.1 Å². The quantitative estimate of drug-likeness (QED) is 0.648.